The topological polar surface area (TPSA) is 69.1 Å². The molecule has 0 aliphatic carbocycles. The highest BCUT2D eigenvalue weighted by atomic mass is 32.2. The van der Waals surface area contributed by atoms with Gasteiger partial charge in [0.2, 0.25) is 5.91 Å². The van der Waals surface area contributed by atoms with Gasteiger partial charge in [-0.15, -0.1) is 0 Å². The van der Waals surface area contributed by atoms with Crippen molar-refractivity contribution in [2.45, 2.75) is 24.3 Å². The van der Waals surface area contributed by atoms with Gasteiger partial charge in [-0.05, 0) is 30.7 Å². The van der Waals surface area contributed by atoms with Crippen LogP contribution in [0.25, 0.3) is 0 Å². The second-order valence-electron chi connectivity index (χ2n) is 3.76. The van der Waals surface area contributed by atoms with Gasteiger partial charge in [0, 0.05) is 16.6 Å². The van der Waals surface area contributed by atoms with Crippen molar-refractivity contribution in [2.24, 2.45) is 11.5 Å². The molecule has 0 bridgehead atoms. The summed E-state index contributed by atoms with van der Waals surface area (Å²) in [5.74, 6) is 0.518. The third kappa shape index (κ3) is 4.24. The SMILES string of the molecule is CC(CCN)SCc1cccc(C(N)=O)c1. The van der Waals surface area contributed by atoms with E-state index in [0.717, 1.165) is 24.3 Å². The average Bonchev–Trinajstić information content (AvgIpc) is 2.27. The zero-order valence-corrected chi connectivity index (χ0v) is 10.3. The van der Waals surface area contributed by atoms with Crippen LogP contribution in [-0.4, -0.2) is 17.7 Å². The molecule has 0 spiro atoms. The fraction of sp³-hybridized carbons (Fsp3) is 0.417. The summed E-state index contributed by atoms with van der Waals surface area (Å²) < 4.78 is 0. The normalized spacial score (nSPS) is 12.4. The van der Waals surface area contributed by atoms with Crippen LogP contribution in [-0.2, 0) is 5.75 Å². The van der Waals surface area contributed by atoms with E-state index in [1.165, 1.54) is 0 Å². The molecule has 88 valence electrons. The maximum atomic E-state index is 11.0. The van der Waals surface area contributed by atoms with E-state index >= 15 is 0 Å². The minimum absolute atomic E-state index is 0.373. The lowest BCUT2D eigenvalue weighted by atomic mass is 10.1. The van der Waals surface area contributed by atoms with Crippen LogP contribution < -0.4 is 11.5 Å². The summed E-state index contributed by atoms with van der Waals surface area (Å²) in [7, 11) is 0. The monoisotopic (exact) mass is 238 g/mol. The molecule has 0 fully saturated rings. The molecule has 4 N–H and O–H groups in total. The quantitative estimate of drug-likeness (QED) is 0.793. The van der Waals surface area contributed by atoms with E-state index in [2.05, 4.69) is 6.92 Å². The molecule has 1 aromatic carbocycles. The van der Waals surface area contributed by atoms with Crippen LogP contribution in [0.3, 0.4) is 0 Å². The molecule has 0 heterocycles. The Morgan fingerprint density at radius 3 is 2.88 bits per heavy atom. The minimum atomic E-state index is -0.373. The molecule has 1 rings (SSSR count). The Kier molecular flexibility index (Phi) is 5.35. The summed E-state index contributed by atoms with van der Waals surface area (Å²) >= 11 is 1.84. The summed E-state index contributed by atoms with van der Waals surface area (Å²) in [6.45, 7) is 2.88. The van der Waals surface area contributed by atoms with Crippen molar-refractivity contribution in [1.82, 2.24) is 0 Å². The Morgan fingerprint density at radius 2 is 2.25 bits per heavy atom. The molecule has 4 heteroatoms. The van der Waals surface area contributed by atoms with Gasteiger partial charge >= 0.3 is 0 Å². The number of thioether (sulfide) groups is 1. The van der Waals surface area contributed by atoms with Gasteiger partial charge in [-0.2, -0.15) is 11.8 Å². The van der Waals surface area contributed by atoms with E-state index in [1.54, 1.807) is 6.07 Å². The van der Waals surface area contributed by atoms with Gasteiger partial charge in [0.15, 0.2) is 0 Å². The number of carbonyl (C=O) groups excluding carboxylic acids is 1. The van der Waals surface area contributed by atoms with Crippen LogP contribution in [0.5, 0.6) is 0 Å². The number of primary amides is 1. The zero-order valence-electron chi connectivity index (χ0n) is 9.48. The van der Waals surface area contributed by atoms with Crippen molar-refractivity contribution in [2.75, 3.05) is 6.54 Å². The fourth-order valence-electron chi connectivity index (χ4n) is 1.37. The van der Waals surface area contributed by atoms with Crippen molar-refractivity contribution in [3.63, 3.8) is 0 Å². The van der Waals surface area contributed by atoms with Gasteiger partial charge in [0.25, 0.3) is 0 Å². The number of nitrogens with two attached hydrogens (primary N) is 2. The van der Waals surface area contributed by atoms with Gasteiger partial charge in [0.1, 0.15) is 0 Å². The Morgan fingerprint density at radius 1 is 1.50 bits per heavy atom. The second kappa shape index (κ2) is 6.55. The number of hydrogen-bond donors (Lipinski definition) is 2. The standard InChI is InChI=1S/C12H18N2OS/c1-9(5-6-13)16-8-10-3-2-4-11(7-10)12(14)15/h2-4,7,9H,5-6,8,13H2,1H3,(H2,14,15). The van der Waals surface area contributed by atoms with E-state index in [4.69, 9.17) is 11.5 Å². The summed E-state index contributed by atoms with van der Waals surface area (Å²) in [5, 5.41) is 0.544. The number of carbonyl (C=O) groups is 1. The maximum absolute atomic E-state index is 11.0. The molecule has 3 nitrogen and oxygen atoms in total. The first-order valence-electron chi connectivity index (χ1n) is 5.34. The first-order valence-corrected chi connectivity index (χ1v) is 6.38. The summed E-state index contributed by atoms with van der Waals surface area (Å²) in [6, 6.07) is 7.46. The molecule has 0 radical (unpaired) electrons. The van der Waals surface area contributed by atoms with Crippen LogP contribution >= 0.6 is 11.8 Å². The van der Waals surface area contributed by atoms with Crippen molar-refractivity contribution in [3.05, 3.63) is 35.4 Å². The molecular weight excluding hydrogens is 220 g/mol. The molecule has 1 amide bonds. The zero-order chi connectivity index (χ0) is 12.0. The Hall–Kier alpha value is -1.00. The van der Waals surface area contributed by atoms with Gasteiger partial charge < -0.3 is 11.5 Å². The number of rotatable bonds is 6. The van der Waals surface area contributed by atoms with Crippen molar-refractivity contribution < 1.29 is 4.79 Å². The van der Waals surface area contributed by atoms with E-state index in [0.29, 0.717) is 10.8 Å². The van der Waals surface area contributed by atoms with Gasteiger partial charge in [-0.1, -0.05) is 19.1 Å². The van der Waals surface area contributed by atoms with Crippen LogP contribution in [0.1, 0.15) is 29.3 Å². The van der Waals surface area contributed by atoms with Crippen LogP contribution in [0.15, 0.2) is 24.3 Å². The summed E-state index contributed by atoms with van der Waals surface area (Å²) in [6.07, 6.45) is 1.01. The highest BCUT2D eigenvalue weighted by Gasteiger charge is 2.04. The van der Waals surface area contributed by atoms with Gasteiger partial charge in [-0.3, -0.25) is 4.79 Å². The minimum Gasteiger partial charge on any atom is -0.366 e. The molecule has 1 unspecified atom stereocenters. The number of hydrogen-bond acceptors (Lipinski definition) is 3. The van der Waals surface area contributed by atoms with E-state index in [-0.39, 0.29) is 5.91 Å². The smallest absolute Gasteiger partial charge is 0.248 e. The Bertz CT molecular complexity index is 355. The van der Waals surface area contributed by atoms with Crippen molar-refractivity contribution in [1.29, 1.82) is 0 Å². The average molecular weight is 238 g/mol. The van der Waals surface area contributed by atoms with Gasteiger partial charge in [-0.25, -0.2) is 0 Å². The van der Waals surface area contributed by atoms with E-state index in [9.17, 15) is 4.79 Å². The summed E-state index contributed by atoms with van der Waals surface area (Å²) in [5.41, 5.74) is 12.4. The lowest BCUT2D eigenvalue weighted by Crippen LogP contribution is -2.11. The third-order valence-electron chi connectivity index (χ3n) is 2.32. The molecular formula is C12H18N2OS. The fourth-order valence-corrected chi connectivity index (χ4v) is 2.33. The Balaban J connectivity index is 2.54. The molecule has 0 saturated carbocycles. The predicted octanol–water partition coefficient (Wildman–Crippen LogP) is 1.76. The lowest BCUT2D eigenvalue weighted by molar-refractivity contribution is 0.1000. The first-order chi connectivity index (χ1) is 7.63. The number of amides is 1. The van der Waals surface area contributed by atoms with Crippen LogP contribution in [0.4, 0.5) is 0 Å². The second-order valence-corrected chi connectivity index (χ2v) is 5.19. The largest absolute Gasteiger partial charge is 0.366 e. The van der Waals surface area contributed by atoms with Crippen molar-refractivity contribution in [3.8, 4) is 0 Å². The highest BCUT2D eigenvalue weighted by molar-refractivity contribution is 7.99. The molecule has 1 aromatic rings. The molecule has 16 heavy (non-hydrogen) atoms. The van der Waals surface area contributed by atoms with Crippen LogP contribution in [0.2, 0.25) is 0 Å². The number of benzene rings is 1. The Labute approximate surface area is 101 Å². The van der Waals surface area contributed by atoms with E-state index in [1.807, 2.05) is 30.0 Å². The molecule has 0 aliphatic rings. The highest BCUT2D eigenvalue weighted by Crippen LogP contribution is 2.20. The molecule has 0 aliphatic heterocycles. The third-order valence-corrected chi connectivity index (χ3v) is 3.62. The summed E-state index contributed by atoms with van der Waals surface area (Å²) in [4.78, 5) is 11.0. The molecule has 0 aromatic heterocycles. The molecule has 0 saturated heterocycles. The first kappa shape index (κ1) is 13.1. The maximum Gasteiger partial charge on any atom is 0.248 e. The van der Waals surface area contributed by atoms with Crippen LogP contribution in [0, 0.1) is 0 Å². The van der Waals surface area contributed by atoms with Crippen molar-refractivity contribution >= 4 is 17.7 Å². The lowest BCUT2D eigenvalue weighted by Gasteiger charge is -2.09. The predicted molar refractivity (Wildman–Crippen MR) is 69.4 cm³/mol. The molecule has 1 atom stereocenters. The van der Waals surface area contributed by atoms with E-state index < -0.39 is 0 Å². The van der Waals surface area contributed by atoms with Gasteiger partial charge in [0.05, 0.1) is 0 Å².